The Balaban J connectivity index is 4.21. The lowest BCUT2D eigenvalue weighted by Crippen LogP contribution is -2.21. The number of nitrogens with zero attached hydrogens (tertiary/aromatic N) is 1. The van der Waals surface area contributed by atoms with Crippen LogP contribution in [0, 0.1) is 11.3 Å². The summed E-state index contributed by atoms with van der Waals surface area (Å²) in [4.78, 5) is 4.32. The van der Waals surface area contributed by atoms with Crippen molar-refractivity contribution in [1.29, 1.82) is 0 Å². The zero-order valence-corrected chi connectivity index (χ0v) is 8.73. The highest BCUT2D eigenvalue weighted by atomic mass is 14.7. The van der Waals surface area contributed by atoms with E-state index in [4.69, 9.17) is 0 Å². The number of aliphatic imine (C=N–C) groups is 1. The van der Waals surface area contributed by atoms with Crippen LogP contribution in [0.15, 0.2) is 4.99 Å². The van der Waals surface area contributed by atoms with Gasteiger partial charge in [-0.2, -0.15) is 0 Å². The first kappa shape index (κ1) is 10.7. The van der Waals surface area contributed by atoms with Crippen molar-refractivity contribution in [3.63, 3.8) is 0 Å². The predicted molar refractivity (Wildman–Crippen MR) is 52.3 cm³/mol. The summed E-state index contributed by atoms with van der Waals surface area (Å²) < 4.78 is 0. The van der Waals surface area contributed by atoms with E-state index in [-0.39, 0.29) is 5.41 Å². The molecule has 1 heteroatoms. The molecule has 0 bridgehead atoms. The molecule has 0 rings (SSSR count). The fourth-order valence-corrected chi connectivity index (χ4v) is 1.12. The van der Waals surface area contributed by atoms with Crippen molar-refractivity contribution in [2.45, 2.75) is 41.0 Å². The van der Waals surface area contributed by atoms with Gasteiger partial charge in [-0.15, -0.1) is 0 Å². The lowest BCUT2D eigenvalue weighted by Gasteiger charge is -2.22. The van der Waals surface area contributed by atoms with Gasteiger partial charge < -0.3 is 0 Å². The zero-order chi connectivity index (χ0) is 9.07. The van der Waals surface area contributed by atoms with Crippen LogP contribution in [0.2, 0.25) is 0 Å². The van der Waals surface area contributed by atoms with Gasteiger partial charge in [-0.25, -0.2) is 0 Å². The van der Waals surface area contributed by atoms with E-state index >= 15 is 0 Å². The Kier molecular flexibility index (Phi) is 3.77. The molecule has 0 aromatic rings. The third-order valence-corrected chi connectivity index (χ3v) is 1.74. The molecule has 11 heavy (non-hydrogen) atoms. The summed E-state index contributed by atoms with van der Waals surface area (Å²) in [5.74, 6) is 0.716. The minimum atomic E-state index is 0.249. The largest absolute Gasteiger partial charge is 0.297 e. The molecular formula is C10H21N. The van der Waals surface area contributed by atoms with Gasteiger partial charge in [-0.1, -0.05) is 34.6 Å². The quantitative estimate of drug-likeness (QED) is 0.543. The molecule has 0 saturated carbocycles. The molecular weight excluding hydrogens is 134 g/mol. The van der Waals surface area contributed by atoms with E-state index in [1.54, 1.807) is 0 Å². The molecule has 0 aliphatic carbocycles. The Hall–Kier alpha value is -0.330. The number of hydrogen-bond acceptors (Lipinski definition) is 1. The van der Waals surface area contributed by atoms with E-state index in [0.29, 0.717) is 5.92 Å². The fourth-order valence-electron chi connectivity index (χ4n) is 1.12. The van der Waals surface area contributed by atoms with Crippen molar-refractivity contribution in [1.82, 2.24) is 0 Å². The number of rotatable bonds is 2. The summed E-state index contributed by atoms with van der Waals surface area (Å²) in [7, 11) is 1.89. The highest BCUT2D eigenvalue weighted by Crippen LogP contribution is 2.20. The highest BCUT2D eigenvalue weighted by molar-refractivity contribution is 5.89. The molecule has 0 N–H and O–H groups in total. The molecule has 66 valence electrons. The Morgan fingerprint density at radius 2 is 1.73 bits per heavy atom. The van der Waals surface area contributed by atoms with Gasteiger partial charge in [0.1, 0.15) is 0 Å². The predicted octanol–water partition coefficient (Wildman–Crippen LogP) is 3.15. The van der Waals surface area contributed by atoms with Gasteiger partial charge in [-0.05, 0) is 17.8 Å². The van der Waals surface area contributed by atoms with Crippen LogP contribution in [-0.2, 0) is 0 Å². The van der Waals surface area contributed by atoms with Crippen LogP contribution < -0.4 is 0 Å². The Labute approximate surface area is 70.9 Å². The zero-order valence-electron chi connectivity index (χ0n) is 8.73. The van der Waals surface area contributed by atoms with Crippen molar-refractivity contribution in [3.05, 3.63) is 0 Å². The van der Waals surface area contributed by atoms with Crippen molar-refractivity contribution in [3.8, 4) is 0 Å². The van der Waals surface area contributed by atoms with Crippen molar-refractivity contribution in [2.24, 2.45) is 16.3 Å². The topological polar surface area (TPSA) is 12.4 Å². The van der Waals surface area contributed by atoms with Crippen LogP contribution >= 0.6 is 0 Å². The molecule has 1 nitrogen and oxygen atoms in total. The van der Waals surface area contributed by atoms with E-state index in [0.717, 1.165) is 6.42 Å². The molecule has 0 fully saturated rings. The monoisotopic (exact) mass is 155 g/mol. The molecule has 0 aliphatic rings. The third-order valence-electron chi connectivity index (χ3n) is 1.74. The van der Waals surface area contributed by atoms with Gasteiger partial charge in [0, 0.05) is 12.8 Å². The van der Waals surface area contributed by atoms with Gasteiger partial charge in [0.25, 0.3) is 0 Å². The highest BCUT2D eigenvalue weighted by Gasteiger charge is 2.18. The minimum absolute atomic E-state index is 0.249. The van der Waals surface area contributed by atoms with Gasteiger partial charge >= 0.3 is 0 Å². The second-order valence-electron chi connectivity index (χ2n) is 4.52. The van der Waals surface area contributed by atoms with Crippen LogP contribution in [0.4, 0.5) is 0 Å². The maximum absolute atomic E-state index is 4.32. The lowest BCUT2D eigenvalue weighted by molar-refractivity contribution is 0.549. The van der Waals surface area contributed by atoms with Crippen LogP contribution in [0.25, 0.3) is 0 Å². The minimum Gasteiger partial charge on any atom is -0.297 e. The summed E-state index contributed by atoms with van der Waals surface area (Å²) in [6.45, 7) is 11.1. The first-order valence-electron chi connectivity index (χ1n) is 4.34. The fraction of sp³-hybridized carbons (Fsp3) is 0.900. The van der Waals surface area contributed by atoms with Gasteiger partial charge in [-0.3, -0.25) is 4.99 Å². The number of hydrogen-bond donors (Lipinski definition) is 0. The first-order valence-corrected chi connectivity index (χ1v) is 4.34. The average molecular weight is 155 g/mol. The maximum atomic E-state index is 4.32. The summed E-state index contributed by atoms with van der Waals surface area (Å²) >= 11 is 0. The molecule has 0 radical (unpaired) electrons. The van der Waals surface area contributed by atoms with Crippen molar-refractivity contribution < 1.29 is 0 Å². The van der Waals surface area contributed by atoms with E-state index < -0.39 is 0 Å². The molecule has 0 amide bonds. The standard InChI is InChI=1S/C10H21N/c1-8(2)7-9(11-6)10(3,4)5/h8H,7H2,1-6H3/b11-9+. The third kappa shape index (κ3) is 4.18. The van der Waals surface area contributed by atoms with Crippen LogP contribution in [0.5, 0.6) is 0 Å². The van der Waals surface area contributed by atoms with Gasteiger partial charge in [0.05, 0.1) is 0 Å². The maximum Gasteiger partial charge on any atom is 0.0276 e. The summed E-state index contributed by atoms with van der Waals surface area (Å²) in [5.41, 5.74) is 1.58. The molecule has 0 heterocycles. The summed E-state index contributed by atoms with van der Waals surface area (Å²) in [5, 5.41) is 0. The van der Waals surface area contributed by atoms with Crippen molar-refractivity contribution >= 4 is 5.71 Å². The van der Waals surface area contributed by atoms with E-state index in [1.165, 1.54) is 5.71 Å². The Morgan fingerprint density at radius 3 is 1.82 bits per heavy atom. The van der Waals surface area contributed by atoms with Crippen molar-refractivity contribution in [2.75, 3.05) is 7.05 Å². The van der Waals surface area contributed by atoms with Gasteiger partial charge in [0.15, 0.2) is 0 Å². The molecule has 0 spiro atoms. The molecule has 0 unspecified atom stereocenters. The van der Waals surface area contributed by atoms with Gasteiger partial charge in [0.2, 0.25) is 0 Å². The molecule has 0 aromatic heterocycles. The Bertz CT molecular complexity index is 137. The molecule has 0 aliphatic heterocycles. The summed E-state index contributed by atoms with van der Waals surface area (Å²) in [6.07, 6.45) is 1.12. The van der Waals surface area contributed by atoms with E-state index in [2.05, 4.69) is 39.6 Å². The van der Waals surface area contributed by atoms with Crippen LogP contribution in [-0.4, -0.2) is 12.8 Å². The normalized spacial score (nSPS) is 14.3. The second kappa shape index (κ2) is 3.89. The Morgan fingerprint density at radius 1 is 1.27 bits per heavy atom. The van der Waals surface area contributed by atoms with E-state index in [9.17, 15) is 0 Å². The summed E-state index contributed by atoms with van der Waals surface area (Å²) in [6, 6.07) is 0. The van der Waals surface area contributed by atoms with Crippen LogP contribution in [0.1, 0.15) is 41.0 Å². The van der Waals surface area contributed by atoms with E-state index in [1.807, 2.05) is 7.05 Å². The molecule has 0 aromatic carbocycles. The average Bonchev–Trinajstić information content (AvgIpc) is 1.79. The molecule has 0 saturated heterocycles. The van der Waals surface area contributed by atoms with Crippen LogP contribution in [0.3, 0.4) is 0 Å². The smallest absolute Gasteiger partial charge is 0.0276 e. The molecule has 0 atom stereocenters. The SMILES string of the molecule is C/N=C(\CC(C)C)C(C)(C)C. The lowest BCUT2D eigenvalue weighted by atomic mass is 9.85. The first-order chi connectivity index (χ1) is 4.88. The second-order valence-corrected chi connectivity index (χ2v) is 4.52.